The van der Waals surface area contributed by atoms with Crippen LogP contribution >= 0.6 is 0 Å². The number of hydrogen-bond donors (Lipinski definition) is 2. The number of hydrogen-bond acceptors (Lipinski definition) is 3. The van der Waals surface area contributed by atoms with Gasteiger partial charge >= 0.3 is 5.63 Å². The lowest BCUT2D eigenvalue weighted by molar-refractivity contribution is -0.926. The molecular formula is C23H28N2O3+2. The normalized spacial score (nSPS) is 19.6. The number of fused-ring (bicyclic) bond motifs is 1. The number of nitrogens with one attached hydrogen (secondary N) is 1. The van der Waals surface area contributed by atoms with E-state index < -0.39 is 0 Å². The van der Waals surface area contributed by atoms with E-state index in [2.05, 4.69) is 35.6 Å². The van der Waals surface area contributed by atoms with Crippen LogP contribution < -0.4 is 20.6 Å². The molecule has 4 rings (SSSR count). The van der Waals surface area contributed by atoms with Crippen LogP contribution in [0.4, 0.5) is 0 Å². The van der Waals surface area contributed by atoms with Crippen LogP contribution in [0, 0.1) is 0 Å². The van der Waals surface area contributed by atoms with Crippen molar-refractivity contribution in [1.82, 2.24) is 0 Å². The standard InChI is InChI=1S/C23H26N2O3/c1-27-20-7-8-21-18(13-23(26)28-22(21)14-20)15-24-19-9-11-25(12-10-19)16-17-5-3-2-4-6-17/h2-8,13-14,19,24H,9-12,15-16H2,1H3/p+2. The number of rotatable bonds is 6. The highest BCUT2D eigenvalue weighted by molar-refractivity contribution is 5.81. The number of methoxy groups -OCH3 is 1. The Kier molecular flexibility index (Phi) is 5.74. The number of quaternary nitrogens is 2. The van der Waals surface area contributed by atoms with Crippen LogP contribution in [-0.2, 0) is 13.1 Å². The molecular weight excluding hydrogens is 352 g/mol. The Morgan fingerprint density at radius 3 is 2.64 bits per heavy atom. The maximum atomic E-state index is 11.9. The lowest BCUT2D eigenvalue weighted by Gasteiger charge is -2.28. The van der Waals surface area contributed by atoms with Gasteiger partial charge in [0.2, 0.25) is 0 Å². The molecule has 28 heavy (non-hydrogen) atoms. The van der Waals surface area contributed by atoms with Gasteiger partial charge in [0, 0.05) is 41.5 Å². The zero-order chi connectivity index (χ0) is 19.3. The van der Waals surface area contributed by atoms with E-state index in [9.17, 15) is 4.79 Å². The van der Waals surface area contributed by atoms with E-state index in [1.807, 2.05) is 12.1 Å². The largest absolute Gasteiger partial charge is 0.497 e. The van der Waals surface area contributed by atoms with Crippen molar-refractivity contribution in [1.29, 1.82) is 0 Å². The summed E-state index contributed by atoms with van der Waals surface area (Å²) in [6, 6.07) is 18.6. The smallest absolute Gasteiger partial charge is 0.336 e. The van der Waals surface area contributed by atoms with Crippen molar-refractivity contribution < 1.29 is 19.4 Å². The molecule has 2 heterocycles. The van der Waals surface area contributed by atoms with Gasteiger partial charge in [-0.15, -0.1) is 0 Å². The summed E-state index contributed by atoms with van der Waals surface area (Å²) >= 11 is 0. The topological polar surface area (TPSA) is 60.5 Å². The third-order valence-corrected chi connectivity index (χ3v) is 5.74. The Morgan fingerprint density at radius 1 is 1.11 bits per heavy atom. The van der Waals surface area contributed by atoms with Gasteiger partial charge in [-0.2, -0.15) is 0 Å². The first kappa shape index (κ1) is 18.7. The van der Waals surface area contributed by atoms with E-state index in [0.717, 1.165) is 24.0 Å². The van der Waals surface area contributed by atoms with Crippen LogP contribution in [0.1, 0.15) is 24.0 Å². The molecule has 0 saturated carbocycles. The highest BCUT2D eigenvalue weighted by Crippen LogP contribution is 2.22. The van der Waals surface area contributed by atoms with Crippen molar-refractivity contribution in [2.45, 2.75) is 32.0 Å². The zero-order valence-electron chi connectivity index (χ0n) is 16.3. The highest BCUT2D eigenvalue weighted by atomic mass is 16.5. The molecule has 5 heteroatoms. The summed E-state index contributed by atoms with van der Waals surface area (Å²) in [7, 11) is 1.61. The molecule has 0 radical (unpaired) electrons. The van der Waals surface area contributed by atoms with Crippen molar-refractivity contribution in [3.8, 4) is 5.75 Å². The molecule has 0 spiro atoms. The van der Waals surface area contributed by atoms with E-state index in [4.69, 9.17) is 9.15 Å². The Labute approximate surface area is 164 Å². The minimum absolute atomic E-state index is 0.300. The molecule has 0 atom stereocenters. The van der Waals surface area contributed by atoms with Crippen LogP contribution in [-0.4, -0.2) is 26.2 Å². The molecule has 1 fully saturated rings. The second kappa shape index (κ2) is 8.59. The average molecular weight is 380 g/mol. The van der Waals surface area contributed by atoms with E-state index in [1.165, 1.54) is 31.5 Å². The second-order valence-electron chi connectivity index (χ2n) is 7.64. The van der Waals surface area contributed by atoms with Gasteiger partial charge < -0.3 is 19.4 Å². The summed E-state index contributed by atoms with van der Waals surface area (Å²) in [5.74, 6) is 0.700. The number of ether oxygens (including phenoxy) is 1. The van der Waals surface area contributed by atoms with Crippen LogP contribution in [0.15, 0.2) is 63.8 Å². The predicted molar refractivity (Wildman–Crippen MR) is 109 cm³/mol. The van der Waals surface area contributed by atoms with Crippen LogP contribution in [0.25, 0.3) is 11.0 Å². The van der Waals surface area contributed by atoms with Crippen LogP contribution in [0.5, 0.6) is 5.75 Å². The van der Waals surface area contributed by atoms with Crippen LogP contribution in [0.3, 0.4) is 0 Å². The zero-order valence-corrected chi connectivity index (χ0v) is 16.3. The molecule has 0 bridgehead atoms. The van der Waals surface area contributed by atoms with Gasteiger partial charge in [0.15, 0.2) is 0 Å². The fraction of sp³-hybridized carbons (Fsp3) is 0.348. The molecule has 5 nitrogen and oxygen atoms in total. The molecule has 2 aromatic carbocycles. The Bertz CT molecular complexity index is 976. The second-order valence-corrected chi connectivity index (χ2v) is 7.64. The van der Waals surface area contributed by atoms with Gasteiger partial charge in [-0.1, -0.05) is 30.3 Å². The lowest BCUT2D eigenvalue weighted by Crippen LogP contribution is -3.13. The number of piperidine rings is 1. The summed E-state index contributed by atoms with van der Waals surface area (Å²) in [4.78, 5) is 13.6. The number of benzene rings is 2. The van der Waals surface area contributed by atoms with Crippen molar-refractivity contribution >= 4 is 11.0 Å². The fourth-order valence-electron chi connectivity index (χ4n) is 4.15. The van der Waals surface area contributed by atoms with Crippen molar-refractivity contribution in [2.75, 3.05) is 20.2 Å². The van der Waals surface area contributed by atoms with Crippen molar-refractivity contribution in [3.63, 3.8) is 0 Å². The van der Waals surface area contributed by atoms with Gasteiger partial charge in [-0.3, -0.25) is 0 Å². The summed E-state index contributed by atoms with van der Waals surface area (Å²) < 4.78 is 10.6. The summed E-state index contributed by atoms with van der Waals surface area (Å²) in [6.07, 6.45) is 2.41. The van der Waals surface area contributed by atoms with Gasteiger partial charge in [-0.05, 0) is 12.1 Å². The number of likely N-dealkylation sites (tertiary alicyclic amines) is 1. The van der Waals surface area contributed by atoms with Gasteiger partial charge in [0.1, 0.15) is 24.4 Å². The molecule has 0 unspecified atom stereocenters. The number of nitrogens with two attached hydrogens (primary N) is 1. The molecule has 1 aromatic heterocycles. The van der Waals surface area contributed by atoms with E-state index in [0.29, 0.717) is 17.4 Å². The van der Waals surface area contributed by atoms with E-state index in [1.54, 1.807) is 24.1 Å². The summed E-state index contributed by atoms with van der Waals surface area (Å²) in [6.45, 7) is 4.31. The molecule has 0 amide bonds. The molecule has 3 aromatic rings. The van der Waals surface area contributed by atoms with Gasteiger partial charge in [0.25, 0.3) is 0 Å². The molecule has 1 aliphatic heterocycles. The maximum Gasteiger partial charge on any atom is 0.336 e. The third-order valence-electron chi connectivity index (χ3n) is 5.74. The molecule has 146 valence electrons. The van der Waals surface area contributed by atoms with E-state index >= 15 is 0 Å². The van der Waals surface area contributed by atoms with Crippen molar-refractivity contribution in [2.24, 2.45) is 0 Å². The molecule has 1 saturated heterocycles. The van der Waals surface area contributed by atoms with Crippen molar-refractivity contribution in [3.05, 3.63) is 76.1 Å². The van der Waals surface area contributed by atoms with Gasteiger partial charge in [0.05, 0.1) is 26.2 Å². The molecule has 1 aliphatic rings. The van der Waals surface area contributed by atoms with Crippen LogP contribution in [0.2, 0.25) is 0 Å². The highest BCUT2D eigenvalue weighted by Gasteiger charge is 2.24. The third kappa shape index (κ3) is 4.43. The summed E-state index contributed by atoms with van der Waals surface area (Å²) in [5, 5.41) is 3.38. The predicted octanol–water partition coefficient (Wildman–Crippen LogP) is 1.11. The summed E-state index contributed by atoms with van der Waals surface area (Å²) in [5.41, 5.74) is 2.74. The minimum Gasteiger partial charge on any atom is -0.497 e. The lowest BCUT2D eigenvalue weighted by atomic mass is 10.0. The van der Waals surface area contributed by atoms with E-state index in [-0.39, 0.29) is 5.63 Å². The van der Waals surface area contributed by atoms with Gasteiger partial charge in [-0.25, -0.2) is 4.79 Å². The first-order valence-corrected chi connectivity index (χ1v) is 10.0. The molecule has 3 N–H and O–H groups in total. The monoisotopic (exact) mass is 380 g/mol. The first-order chi connectivity index (χ1) is 13.7. The average Bonchev–Trinajstić information content (AvgIpc) is 2.73. The fourth-order valence-corrected chi connectivity index (χ4v) is 4.15. The first-order valence-electron chi connectivity index (χ1n) is 10.0. The Morgan fingerprint density at radius 2 is 1.89 bits per heavy atom. The quantitative estimate of drug-likeness (QED) is 0.630. The SMILES string of the molecule is COc1ccc2c(C[NH2+]C3CC[NH+](Cc4ccccc4)CC3)cc(=O)oc2c1. The molecule has 0 aliphatic carbocycles. The maximum absolute atomic E-state index is 11.9. The Balaban J connectivity index is 1.36. The minimum atomic E-state index is -0.300. The Hall–Kier alpha value is -2.63.